The molecule has 0 bridgehead atoms. The van der Waals surface area contributed by atoms with Gasteiger partial charge >= 0.3 is 5.97 Å². The lowest BCUT2D eigenvalue weighted by molar-refractivity contribution is -0.144. The molecule has 10 nitrogen and oxygen atoms in total. The third-order valence-electron chi connectivity index (χ3n) is 9.84. The number of ether oxygens (including phenoxy) is 3. The molecule has 1 aromatic heterocycles. The van der Waals surface area contributed by atoms with Crippen molar-refractivity contribution in [2.24, 2.45) is 0 Å². The molecule has 1 saturated carbocycles. The van der Waals surface area contributed by atoms with E-state index in [0.29, 0.717) is 49.8 Å². The first-order chi connectivity index (χ1) is 22.0. The summed E-state index contributed by atoms with van der Waals surface area (Å²) in [5, 5.41) is 14.0. The lowest BCUT2D eigenvalue weighted by Crippen LogP contribution is -2.39. The van der Waals surface area contributed by atoms with Crippen molar-refractivity contribution in [3.63, 3.8) is 0 Å². The highest BCUT2D eigenvalue weighted by Gasteiger charge is 2.39. The van der Waals surface area contributed by atoms with Crippen molar-refractivity contribution in [2.45, 2.75) is 101 Å². The van der Waals surface area contributed by atoms with Crippen molar-refractivity contribution < 1.29 is 28.9 Å². The van der Waals surface area contributed by atoms with Gasteiger partial charge in [0.25, 0.3) is 0 Å². The van der Waals surface area contributed by atoms with E-state index in [1.807, 2.05) is 30.1 Å². The van der Waals surface area contributed by atoms with Gasteiger partial charge in [-0.3, -0.25) is 14.5 Å². The molecule has 6 rings (SSSR count). The van der Waals surface area contributed by atoms with Gasteiger partial charge < -0.3 is 29.5 Å². The summed E-state index contributed by atoms with van der Waals surface area (Å²) in [6.07, 6.45) is 10.6. The number of hydrogen-bond donors (Lipinski definition) is 2. The molecule has 3 fully saturated rings. The number of likely N-dealkylation sites (N-methyl/N-ethyl adjacent to an activating group) is 1. The van der Waals surface area contributed by atoms with Gasteiger partial charge in [-0.2, -0.15) is 0 Å². The summed E-state index contributed by atoms with van der Waals surface area (Å²) in [7, 11) is 1.90. The first kappa shape index (κ1) is 31.8. The number of rotatable bonds is 13. The fourth-order valence-electron chi connectivity index (χ4n) is 7.34. The number of aromatic nitrogens is 1. The molecule has 4 aliphatic rings. The maximum absolute atomic E-state index is 13.0. The summed E-state index contributed by atoms with van der Waals surface area (Å²) in [6.45, 7) is 3.53. The number of amides is 1. The highest BCUT2D eigenvalue weighted by molar-refractivity contribution is 5.98. The number of benzene rings is 1. The number of aliphatic carboxylic acids is 1. The monoisotopic (exact) mass is 620 g/mol. The minimum atomic E-state index is -0.927. The molecule has 0 spiro atoms. The zero-order chi connectivity index (χ0) is 31.2. The molecule has 4 heterocycles. The summed E-state index contributed by atoms with van der Waals surface area (Å²) in [6, 6.07) is 9.09. The van der Waals surface area contributed by atoms with Crippen molar-refractivity contribution >= 4 is 23.4 Å². The zero-order valence-electron chi connectivity index (χ0n) is 26.5. The first-order valence-electron chi connectivity index (χ1n) is 16.9. The number of carbonyl (C=O) groups is 2. The Morgan fingerprint density at radius 3 is 2.78 bits per heavy atom. The van der Waals surface area contributed by atoms with Crippen LogP contribution in [0.15, 0.2) is 30.3 Å². The van der Waals surface area contributed by atoms with E-state index in [9.17, 15) is 14.7 Å². The second-order valence-corrected chi connectivity index (χ2v) is 12.9. The molecule has 244 valence electrons. The van der Waals surface area contributed by atoms with Gasteiger partial charge in [-0.15, -0.1) is 0 Å². The Morgan fingerprint density at radius 1 is 1.11 bits per heavy atom. The number of anilines is 2. The second kappa shape index (κ2) is 14.9. The molecule has 0 unspecified atom stereocenters. The van der Waals surface area contributed by atoms with Gasteiger partial charge in [0.1, 0.15) is 23.7 Å². The molecule has 45 heavy (non-hydrogen) atoms. The van der Waals surface area contributed by atoms with Gasteiger partial charge in [-0.05, 0) is 82.5 Å². The van der Waals surface area contributed by atoms with Crippen LogP contribution < -0.4 is 15.0 Å². The molecule has 1 aliphatic carbocycles. The number of hydrogen-bond acceptors (Lipinski definition) is 8. The highest BCUT2D eigenvalue weighted by Crippen LogP contribution is 2.42. The third-order valence-corrected chi connectivity index (χ3v) is 9.84. The van der Waals surface area contributed by atoms with Crippen molar-refractivity contribution in [1.82, 2.24) is 9.88 Å². The second-order valence-electron chi connectivity index (χ2n) is 12.9. The molecular formula is C35H48N4O6. The van der Waals surface area contributed by atoms with Crippen molar-refractivity contribution in [3.05, 3.63) is 47.2 Å². The van der Waals surface area contributed by atoms with Gasteiger partial charge in [0, 0.05) is 56.3 Å². The van der Waals surface area contributed by atoms with Crippen LogP contribution in [0.5, 0.6) is 5.75 Å². The molecule has 1 amide bonds. The van der Waals surface area contributed by atoms with Gasteiger partial charge in [0.15, 0.2) is 0 Å². The van der Waals surface area contributed by atoms with E-state index in [1.165, 1.54) is 12.0 Å². The Balaban J connectivity index is 1.07. The lowest BCUT2D eigenvalue weighted by Gasteiger charge is -2.34. The molecule has 10 heteroatoms. The van der Waals surface area contributed by atoms with Crippen molar-refractivity contribution in [3.8, 4) is 5.75 Å². The van der Waals surface area contributed by atoms with Crippen LogP contribution in [0.25, 0.3) is 0 Å². The van der Waals surface area contributed by atoms with Crippen LogP contribution in [0.4, 0.5) is 11.5 Å². The van der Waals surface area contributed by atoms with Crippen LogP contribution in [0.3, 0.4) is 0 Å². The normalized spacial score (nSPS) is 22.8. The van der Waals surface area contributed by atoms with Crippen LogP contribution in [-0.2, 0) is 31.9 Å². The average Bonchev–Trinajstić information content (AvgIpc) is 3.70. The smallest absolute Gasteiger partial charge is 0.325 e. The van der Waals surface area contributed by atoms with Crippen LogP contribution in [0, 0.1) is 0 Å². The van der Waals surface area contributed by atoms with Crippen LogP contribution >= 0.6 is 0 Å². The lowest BCUT2D eigenvalue weighted by atomic mass is 9.99. The van der Waals surface area contributed by atoms with Crippen LogP contribution in [0.2, 0.25) is 0 Å². The fourth-order valence-corrected chi connectivity index (χ4v) is 7.34. The number of carboxylic acids is 1. The maximum atomic E-state index is 13.0. The summed E-state index contributed by atoms with van der Waals surface area (Å²) in [5.41, 5.74) is 3.67. The number of para-hydroxylation sites is 1. The Hall–Kier alpha value is -3.21. The predicted molar refractivity (Wildman–Crippen MR) is 172 cm³/mol. The minimum absolute atomic E-state index is 0.0134. The van der Waals surface area contributed by atoms with E-state index in [4.69, 9.17) is 19.2 Å². The van der Waals surface area contributed by atoms with Gasteiger partial charge in [-0.25, -0.2) is 4.98 Å². The number of aryl methyl sites for hydroxylation is 2. The number of carbonyl (C=O) groups excluding carboxylic acids is 1. The number of unbranched alkanes of at least 4 members (excludes halogenated alkanes) is 1. The standard InChI is InChI=1S/C35H48N4O6/c1-38(26-14-15-28(23-26)44-20-3-2-8-25-13-12-24-7-5-18-36-34(24)37-25)33(35(41)42)29-9-4-10-30(45-27-16-21-43-22-17-27)32(29)39-19-6-11-31(39)40/h4,9-10,12-13,26-28,33H,2-3,5-8,11,14-23H2,1H3,(H,36,37)(H,41,42)/t26-,28-,33+/m0/s1. The first-order valence-corrected chi connectivity index (χ1v) is 16.9. The molecule has 0 radical (unpaired) electrons. The quantitative estimate of drug-likeness (QED) is 0.294. The van der Waals surface area contributed by atoms with E-state index >= 15 is 0 Å². The Bertz CT molecular complexity index is 1330. The van der Waals surface area contributed by atoms with E-state index in [1.54, 1.807) is 4.90 Å². The van der Waals surface area contributed by atoms with Gasteiger partial charge in [0.2, 0.25) is 5.91 Å². The molecule has 2 saturated heterocycles. The van der Waals surface area contributed by atoms with E-state index in [0.717, 1.165) is 82.3 Å². The average molecular weight is 621 g/mol. The largest absolute Gasteiger partial charge is 0.488 e. The molecular weight excluding hydrogens is 572 g/mol. The van der Waals surface area contributed by atoms with Crippen LogP contribution in [-0.4, -0.2) is 85.1 Å². The van der Waals surface area contributed by atoms with E-state index in [-0.39, 0.29) is 24.2 Å². The number of pyridine rings is 1. The van der Waals surface area contributed by atoms with E-state index < -0.39 is 12.0 Å². The van der Waals surface area contributed by atoms with Crippen molar-refractivity contribution in [2.75, 3.05) is 50.2 Å². The Labute approximate surface area is 266 Å². The van der Waals surface area contributed by atoms with Gasteiger partial charge in [0.05, 0.1) is 25.0 Å². The van der Waals surface area contributed by atoms with Crippen LogP contribution in [0.1, 0.15) is 87.1 Å². The third kappa shape index (κ3) is 7.61. The fraction of sp³-hybridized carbons (Fsp3) is 0.629. The maximum Gasteiger partial charge on any atom is 0.325 e. The number of nitrogens with one attached hydrogen (secondary N) is 1. The zero-order valence-corrected chi connectivity index (χ0v) is 26.5. The molecule has 2 N–H and O–H groups in total. The summed E-state index contributed by atoms with van der Waals surface area (Å²) < 4.78 is 18.2. The minimum Gasteiger partial charge on any atom is -0.488 e. The van der Waals surface area contributed by atoms with Gasteiger partial charge in [-0.1, -0.05) is 18.2 Å². The summed E-state index contributed by atoms with van der Waals surface area (Å²) in [5.74, 6) is 0.723. The molecule has 3 atom stereocenters. The molecule has 2 aromatic rings. The molecule has 1 aromatic carbocycles. The number of carboxylic acid groups (broad SMARTS) is 1. The number of fused-ring (bicyclic) bond motifs is 1. The topological polar surface area (TPSA) is 113 Å². The van der Waals surface area contributed by atoms with E-state index in [2.05, 4.69) is 17.4 Å². The van der Waals surface area contributed by atoms with Crippen molar-refractivity contribution in [1.29, 1.82) is 0 Å². The highest BCUT2D eigenvalue weighted by atomic mass is 16.5. The number of nitrogens with zero attached hydrogens (tertiary/aromatic N) is 3. The Kier molecular flexibility index (Phi) is 10.5. The SMILES string of the molecule is CN([C@H]1CC[C@H](OCCCCc2ccc3c(n2)NCCC3)C1)[C@@H](C(=O)O)c1cccc(OC2CCOCC2)c1N1CCCC1=O. The summed E-state index contributed by atoms with van der Waals surface area (Å²) in [4.78, 5) is 34.4. The summed E-state index contributed by atoms with van der Waals surface area (Å²) >= 11 is 0. The Morgan fingerprint density at radius 2 is 1.98 bits per heavy atom. The molecule has 3 aliphatic heterocycles. The predicted octanol–water partition coefficient (Wildman–Crippen LogP) is 5.14.